The van der Waals surface area contributed by atoms with Crippen molar-refractivity contribution in [3.8, 4) is 0 Å². The Bertz CT molecular complexity index is 770. The summed E-state index contributed by atoms with van der Waals surface area (Å²) in [6, 6.07) is 2.67. The first-order chi connectivity index (χ1) is 11.9. The Morgan fingerprint density at radius 2 is 1.65 bits per heavy atom. The largest absolute Gasteiger partial charge is 0.456 e. The van der Waals surface area contributed by atoms with Gasteiger partial charge in [0.05, 0.1) is 27.1 Å². The predicted octanol–water partition coefficient (Wildman–Crippen LogP) is 2.85. The van der Waals surface area contributed by atoms with Gasteiger partial charge in [0.25, 0.3) is 11.4 Å². The smallest absolute Gasteiger partial charge is 0.339 e. The number of esters is 1. The summed E-state index contributed by atoms with van der Waals surface area (Å²) in [5.74, 6) is -0.217. The van der Waals surface area contributed by atoms with Gasteiger partial charge in [-0.3, -0.25) is 20.2 Å². The van der Waals surface area contributed by atoms with E-state index in [4.69, 9.17) is 4.74 Å². The molecule has 1 N–H and O–H groups in total. The number of rotatable bonds is 4. The van der Waals surface area contributed by atoms with Gasteiger partial charge >= 0.3 is 5.97 Å². The summed E-state index contributed by atoms with van der Waals surface area (Å²) in [5.41, 5.74) is -2.54. The Morgan fingerprint density at radius 3 is 2.15 bits per heavy atom. The summed E-state index contributed by atoms with van der Waals surface area (Å²) in [7, 11) is 0. The van der Waals surface area contributed by atoms with Gasteiger partial charge in [-0.1, -0.05) is 13.8 Å². The number of nitro groups is 2. The fourth-order valence-corrected chi connectivity index (χ4v) is 4.09. The number of aliphatic hydroxyl groups is 1. The van der Waals surface area contributed by atoms with Crippen LogP contribution < -0.4 is 0 Å². The zero-order valence-electron chi connectivity index (χ0n) is 14.7. The fourth-order valence-electron chi connectivity index (χ4n) is 4.09. The van der Waals surface area contributed by atoms with Gasteiger partial charge < -0.3 is 9.84 Å². The molecule has 4 atom stereocenters. The Morgan fingerprint density at radius 1 is 1.12 bits per heavy atom. The molecule has 0 radical (unpaired) electrons. The second-order valence-corrected chi connectivity index (χ2v) is 7.98. The second-order valence-electron chi connectivity index (χ2n) is 7.98. The van der Waals surface area contributed by atoms with Crippen molar-refractivity contribution in [2.24, 2.45) is 17.3 Å². The third-order valence-corrected chi connectivity index (χ3v) is 5.89. The minimum atomic E-state index is -1.21. The van der Waals surface area contributed by atoms with Gasteiger partial charge in [0.1, 0.15) is 6.10 Å². The molecule has 1 aromatic carbocycles. The van der Waals surface area contributed by atoms with Crippen LogP contribution in [0.15, 0.2) is 18.2 Å². The van der Waals surface area contributed by atoms with E-state index in [2.05, 4.69) is 13.8 Å². The van der Waals surface area contributed by atoms with E-state index in [1.54, 1.807) is 6.92 Å². The van der Waals surface area contributed by atoms with Crippen molar-refractivity contribution >= 4 is 17.3 Å². The van der Waals surface area contributed by atoms with Crippen LogP contribution in [0, 0.1) is 37.5 Å². The quantitative estimate of drug-likeness (QED) is 0.493. The van der Waals surface area contributed by atoms with Gasteiger partial charge in [-0.05, 0) is 37.0 Å². The van der Waals surface area contributed by atoms with Crippen LogP contribution in [0.4, 0.5) is 11.4 Å². The van der Waals surface area contributed by atoms with Crippen LogP contribution in [-0.4, -0.2) is 32.6 Å². The van der Waals surface area contributed by atoms with Gasteiger partial charge in [-0.2, -0.15) is 0 Å². The number of hydrogen-bond donors (Lipinski definition) is 1. The van der Waals surface area contributed by atoms with E-state index >= 15 is 0 Å². The first kappa shape index (κ1) is 18.2. The van der Waals surface area contributed by atoms with Crippen LogP contribution >= 0.6 is 0 Å². The summed E-state index contributed by atoms with van der Waals surface area (Å²) in [5, 5.41) is 32.6. The molecule has 0 saturated heterocycles. The van der Waals surface area contributed by atoms with Crippen molar-refractivity contribution < 1.29 is 24.5 Å². The lowest BCUT2D eigenvalue weighted by atomic mass is 9.83. The molecule has 2 aliphatic rings. The summed E-state index contributed by atoms with van der Waals surface area (Å²) >= 11 is 0. The van der Waals surface area contributed by atoms with Gasteiger partial charge in [0.2, 0.25) is 0 Å². The van der Waals surface area contributed by atoms with Crippen LogP contribution in [0.5, 0.6) is 0 Å². The number of nitrogens with zero attached hydrogens (tertiary/aromatic N) is 2. The highest BCUT2D eigenvalue weighted by molar-refractivity contribution is 5.91. The minimum Gasteiger partial charge on any atom is -0.456 e. The molecule has 0 aliphatic heterocycles. The van der Waals surface area contributed by atoms with Crippen molar-refractivity contribution in [1.82, 2.24) is 0 Å². The third kappa shape index (κ3) is 3.03. The predicted molar refractivity (Wildman–Crippen MR) is 89.6 cm³/mol. The lowest BCUT2D eigenvalue weighted by Gasteiger charge is -2.35. The highest BCUT2D eigenvalue weighted by Crippen LogP contribution is 2.66. The second kappa shape index (κ2) is 5.73. The van der Waals surface area contributed by atoms with Crippen LogP contribution in [-0.2, 0) is 4.74 Å². The lowest BCUT2D eigenvalue weighted by Crippen LogP contribution is -2.45. The number of fused-ring (bicyclic) bond motifs is 1. The van der Waals surface area contributed by atoms with Crippen molar-refractivity contribution in [3.63, 3.8) is 0 Å². The van der Waals surface area contributed by atoms with E-state index in [0.29, 0.717) is 24.7 Å². The SMILES string of the molecule is CC1(C)[C@@H]2C[C@@H](OC(=O)c3cc([N+](=O)[O-])cc([N+](=O)[O-])c3)[C@](C)(O)C[C@@H]21. The monoisotopic (exact) mass is 364 g/mol. The van der Waals surface area contributed by atoms with Crippen LogP contribution in [0.3, 0.4) is 0 Å². The minimum absolute atomic E-state index is 0.0788. The Labute approximate surface area is 149 Å². The van der Waals surface area contributed by atoms with E-state index in [1.807, 2.05) is 0 Å². The van der Waals surface area contributed by atoms with E-state index in [9.17, 15) is 30.1 Å². The third-order valence-electron chi connectivity index (χ3n) is 5.89. The number of benzene rings is 1. The molecule has 0 unspecified atom stereocenters. The molecule has 1 aromatic rings. The maximum Gasteiger partial charge on any atom is 0.339 e. The molecule has 140 valence electrons. The van der Waals surface area contributed by atoms with Gasteiger partial charge in [-0.15, -0.1) is 0 Å². The average molecular weight is 364 g/mol. The summed E-state index contributed by atoms with van der Waals surface area (Å²) in [4.78, 5) is 32.7. The van der Waals surface area contributed by atoms with Gasteiger partial charge in [0.15, 0.2) is 0 Å². The number of carbonyl (C=O) groups is 1. The molecular formula is C17H20N2O7. The maximum atomic E-state index is 12.5. The lowest BCUT2D eigenvalue weighted by molar-refractivity contribution is -0.394. The van der Waals surface area contributed by atoms with Crippen molar-refractivity contribution in [2.75, 3.05) is 0 Å². The Kier molecular flexibility index (Phi) is 4.02. The number of ether oxygens (including phenoxy) is 1. The van der Waals surface area contributed by atoms with Crippen LogP contribution in [0.25, 0.3) is 0 Å². The first-order valence-electron chi connectivity index (χ1n) is 8.30. The zero-order chi connectivity index (χ0) is 19.4. The van der Waals surface area contributed by atoms with Crippen molar-refractivity contribution in [3.05, 3.63) is 44.0 Å². The standard InChI is InChI=1S/C17H20N2O7/c1-16(2)12-7-14(17(3,21)8-13(12)16)26-15(20)9-4-10(18(22)23)6-11(5-9)19(24)25/h4-6,12-14,21H,7-8H2,1-3H3/t12-,13+,14-,17-/m1/s1. The Hall–Kier alpha value is -2.55. The fraction of sp³-hybridized carbons (Fsp3) is 0.588. The van der Waals surface area contributed by atoms with Crippen molar-refractivity contribution in [1.29, 1.82) is 0 Å². The van der Waals surface area contributed by atoms with E-state index < -0.39 is 38.9 Å². The molecule has 0 heterocycles. The topological polar surface area (TPSA) is 133 Å². The molecule has 9 nitrogen and oxygen atoms in total. The highest BCUT2D eigenvalue weighted by Gasteiger charge is 2.64. The molecular weight excluding hydrogens is 344 g/mol. The van der Waals surface area contributed by atoms with E-state index in [-0.39, 0.29) is 11.0 Å². The number of non-ortho nitro benzene ring substituents is 2. The number of hydrogen-bond acceptors (Lipinski definition) is 7. The normalized spacial score (nSPS) is 31.6. The van der Waals surface area contributed by atoms with E-state index in [0.717, 1.165) is 18.2 Å². The van der Waals surface area contributed by atoms with Gasteiger partial charge in [-0.25, -0.2) is 4.79 Å². The molecule has 2 fully saturated rings. The summed E-state index contributed by atoms with van der Waals surface area (Å²) in [6.07, 6.45) is 0.224. The summed E-state index contributed by atoms with van der Waals surface area (Å²) in [6.45, 7) is 5.81. The maximum absolute atomic E-state index is 12.5. The summed E-state index contributed by atoms with van der Waals surface area (Å²) < 4.78 is 5.42. The molecule has 9 heteroatoms. The van der Waals surface area contributed by atoms with E-state index in [1.165, 1.54) is 0 Å². The molecule has 2 aliphatic carbocycles. The van der Waals surface area contributed by atoms with Crippen molar-refractivity contribution in [2.45, 2.75) is 45.3 Å². The molecule has 26 heavy (non-hydrogen) atoms. The number of carbonyl (C=O) groups excluding carboxylic acids is 1. The average Bonchev–Trinajstić information content (AvgIpc) is 3.05. The van der Waals surface area contributed by atoms with Crippen LogP contribution in [0.1, 0.15) is 44.0 Å². The zero-order valence-corrected chi connectivity index (χ0v) is 14.7. The van der Waals surface area contributed by atoms with Gasteiger partial charge in [0, 0.05) is 12.1 Å². The van der Waals surface area contributed by atoms with Crippen LogP contribution in [0.2, 0.25) is 0 Å². The first-order valence-corrected chi connectivity index (χ1v) is 8.30. The molecule has 0 amide bonds. The highest BCUT2D eigenvalue weighted by atomic mass is 16.6. The molecule has 0 bridgehead atoms. The molecule has 2 saturated carbocycles. The molecule has 0 aromatic heterocycles. The molecule has 3 rings (SSSR count). The molecule has 0 spiro atoms. The number of nitro benzene ring substituents is 2. The Balaban J connectivity index is 1.84.